The first-order valence-corrected chi connectivity index (χ1v) is 8.77. The Bertz CT molecular complexity index is 1010. The molecule has 2 aromatic carbocycles. The quantitative estimate of drug-likeness (QED) is 0.786. The van der Waals surface area contributed by atoms with Crippen LogP contribution in [0.2, 0.25) is 0 Å². The van der Waals surface area contributed by atoms with Crippen LogP contribution < -0.4 is 20.3 Å². The highest BCUT2D eigenvalue weighted by Crippen LogP contribution is 2.34. The molecule has 1 aliphatic heterocycles. The molecule has 0 spiro atoms. The maximum Gasteiger partial charge on any atom is 0.255 e. The van der Waals surface area contributed by atoms with E-state index in [2.05, 4.69) is 11.4 Å². The van der Waals surface area contributed by atoms with Crippen molar-refractivity contribution in [3.05, 3.63) is 70.0 Å². The van der Waals surface area contributed by atoms with Crippen LogP contribution >= 0.6 is 0 Å². The average Bonchev–Trinajstić information content (AvgIpc) is 2.69. The smallest absolute Gasteiger partial charge is 0.255 e. The summed E-state index contributed by atoms with van der Waals surface area (Å²) in [7, 11) is 3.47. The molecule has 0 radical (unpaired) electrons. The van der Waals surface area contributed by atoms with Crippen LogP contribution in [-0.4, -0.2) is 24.3 Å². The van der Waals surface area contributed by atoms with Gasteiger partial charge in [-0.15, -0.1) is 0 Å². The third-order valence-corrected chi connectivity index (χ3v) is 4.96. The number of aromatic nitrogens is 1. The number of para-hydroxylation sites is 2. The van der Waals surface area contributed by atoms with Gasteiger partial charge in [0.15, 0.2) is 11.5 Å². The zero-order valence-corrected chi connectivity index (χ0v) is 15.0. The van der Waals surface area contributed by atoms with Crippen LogP contribution in [0.5, 0.6) is 11.5 Å². The second kappa shape index (κ2) is 6.84. The number of nitrogens with zero attached hydrogens (tertiary/aromatic N) is 1. The van der Waals surface area contributed by atoms with Crippen LogP contribution in [0.3, 0.4) is 0 Å². The molecule has 0 fully saturated rings. The predicted molar refractivity (Wildman–Crippen MR) is 102 cm³/mol. The number of methoxy groups -OCH3 is 1. The van der Waals surface area contributed by atoms with Crippen molar-refractivity contribution >= 4 is 10.9 Å². The third kappa shape index (κ3) is 2.95. The Labute approximate surface area is 152 Å². The summed E-state index contributed by atoms with van der Waals surface area (Å²) in [6.07, 6.45) is 0.848. The Morgan fingerprint density at radius 2 is 2.08 bits per heavy atom. The summed E-state index contributed by atoms with van der Waals surface area (Å²) in [5.74, 6) is 1.60. The van der Waals surface area contributed by atoms with Gasteiger partial charge in [0.05, 0.1) is 12.6 Å². The van der Waals surface area contributed by atoms with E-state index < -0.39 is 0 Å². The van der Waals surface area contributed by atoms with Crippen molar-refractivity contribution in [1.82, 2.24) is 9.88 Å². The van der Waals surface area contributed by atoms with Crippen LogP contribution in [0.4, 0.5) is 0 Å². The van der Waals surface area contributed by atoms with Crippen molar-refractivity contribution < 1.29 is 9.47 Å². The summed E-state index contributed by atoms with van der Waals surface area (Å²) in [6.45, 7) is 1.08. The van der Waals surface area contributed by atoms with E-state index >= 15 is 0 Å². The van der Waals surface area contributed by atoms with E-state index in [4.69, 9.17) is 9.47 Å². The van der Waals surface area contributed by atoms with Crippen molar-refractivity contribution in [3.63, 3.8) is 0 Å². The van der Waals surface area contributed by atoms with Gasteiger partial charge in [-0.3, -0.25) is 4.79 Å². The molecule has 4 rings (SSSR count). The van der Waals surface area contributed by atoms with E-state index in [1.807, 2.05) is 49.5 Å². The van der Waals surface area contributed by atoms with Crippen molar-refractivity contribution in [1.29, 1.82) is 0 Å². The molecule has 5 nitrogen and oxygen atoms in total. The lowest BCUT2D eigenvalue weighted by Gasteiger charge is -2.27. The monoisotopic (exact) mass is 350 g/mol. The summed E-state index contributed by atoms with van der Waals surface area (Å²) < 4.78 is 13.0. The van der Waals surface area contributed by atoms with Crippen LogP contribution in [0.25, 0.3) is 10.9 Å². The molecule has 1 aromatic heterocycles. The Hall–Kier alpha value is -2.79. The highest BCUT2D eigenvalue weighted by Gasteiger charge is 2.22. The second-order valence-corrected chi connectivity index (χ2v) is 6.63. The molecule has 26 heavy (non-hydrogen) atoms. The van der Waals surface area contributed by atoms with Gasteiger partial charge in [-0.05, 0) is 35.6 Å². The zero-order chi connectivity index (χ0) is 18.1. The number of aryl methyl sites for hydroxylation is 1. The lowest BCUT2D eigenvalue weighted by Crippen LogP contribution is -2.40. The Morgan fingerprint density at radius 1 is 1.23 bits per heavy atom. The minimum absolute atomic E-state index is 0.0370. The fourth-order valence-corrected chi connectivity index (χ4v) is 3.56. The standard InChI is InChI=1S/C21H22N2O3/c1-23-18-8-4-3-6-14(18)10-16(21(23)24)12-22-17-11-15-7-5-9-19(25-2)20(15)26-13-17/h3-10,17,22H,11-13H2,1-2H3. The summed E-state index contributed by atoms with van der Waals surface area (Å²) in [4.78, 5) is 12.6. The Kier molecular flexibility index (Phi) is 4.39. The summed E-state index contributed by atoms with van der Waals surface area (Å²) >= 11 is 0. The highest BCUT2D eigenvalue weighted by atomic mass is 16.5. The average molecular weight is 350 g/mol. The van der Waals surface area contributed by atoms with E-state index in [0.717, 1.165) is 39.9 Å². The van der Waals surface area contributed by atoms with E-state index in [9.17, 15) is 4.79 Å². The molecule has 0 saturated carbocycles. The van der Waals surface area contributed by atoms with Crippen LogP contribution in [0, 0.1) is 0 Å². The lowest BCUT2D eigenvalue weighted by molar-refractivity contribution is 0.226. The molecule has 3 aromatic rings. The van der Waals surface area contributed by atoms with Crippen molar-refractivity contribution in [2.24, 2.45) is 7.05 Å². The van der Waals surface area contributed by atoms with Gasteiger partial charge in [-0.1, -0.05) is 30.3 Å². The molecular formula is C21H22N2O3. The molecule has 0 bridgehead atoms. The number of rotatable bonds is 4. The van der Waals surface area contributed by atoms with Crippen LogP contribution in [-0.2, 0) is 20.0 Å². The minimum Gasteiger partial charge on any atom is -0.493 e. The number of ether oxygens (including phenoxy) is 2. The molecule has 0 saturated heterocycles. The van der Waals surface area contributed by atoms with E-state index in [1.54, 1.807) is 11.7 Å². The van der Waals surface area contributed by atoms with Crippen LogP contribution in [0.1, 0.15) is 11.1 Å². The van der Waals surface area contributed by atoms with Gasteiger partial charge >= 0.3 is 0 Å². The molecule has 1 unspecified atom stereocenters. The third-order valence-electron chi connectivity index (χ3n) is 4.96. The summed E-state index contributed by atoms with van der Waals surface area (Å²) in [6, 6.07) is 16.0. The Balaban J connectivity index is 1.52. The first kappa shape index (κ1) is 16.7. The number of fused-ring (bicyclic) bond motifs is 2. The largest absolute Gasteiger partial charge is 0.493 e. The topological polar surface area (TPSA) is 52.5 Å². The predicted octanol–water partition coefficient (Wildman–Crippen LogP) is 2.64. The fraction of sp³-hybridized carbons (Fsp3) is 0.286. The fourth-order valence-electron chi connectivity index (χ4n) is 3.56. The van der Waals surface area contributed by atoms with E-state index in [-0.39, 0.29) is 11.6 Å². The highest BCUT2D eigenvalue weighted by molar-refractivity contribution is 5.79. The van der Waals surface area contributed by atoms with Crippen LogP contribution in [0.15, 0.2) is 53.3 Å². The molecule has 1 aliphatic rings. The summed E-state index contributed by atoms with van der Waals surface area (Å²) in [5.41, 5.74) is 2.88. The van der Waals surface area contributed by atoms with E-state index in [1.165, 1.54) is 0 Å². The molecular weight excluding hydrogens is 328 g/mol. The number of benzene rings is 2. The van der Waals surface area contributed by atoms with Gasteiger partial charge in [0.25, 0.3) is 5.56 Å². The molecule has 5 heteroatoms. The number of hydrogen-bond acceptors (Lipinski definition) is 4. The summed E-state index contributed by atoms with van der Waals surface area (Å²) in [5, 5.41) is 4.54. The zero-order valence-electron chi connectivity index (χ0n) is 15.0. The maximum atomic E-state index is 12.6. The van der Waals surface area contributed by atoms with Gasteiger partial charge in [-0.25, -0.2) is 0 Å². The normalized spacial score (nSPS) is 16.2. The molecule has 134 valence electrons. The maximum absolute atomic E-state index is 12.6. The van der Waals surface area contributed by atoms with Crippen molar-refractivity contribution in [2.75, 3.05) is 13.7 Å². The van der Waals surface area contributed by atoms with Gasteiger partial charge in [0, 0.05) is 25.2 Å². The molecule has 0 amide bonds. The molecule has 1 atom stereocenters. The lowest BCUT2D eigenvalue weighted by atomic mass is 10.0. The first-order chi connectivity index (χ1) is 12.7. The van der Waals surface area contributed by atoms with E-state index in [0.29, 0.717) is 13.2 Å². The van der Waals surface area contributed by atoms with Gasteiger partial charge in [-0.2, -0.15) is 0 Å². The molecule has 1 N–H and O–H groups in total. The minimum atomic E-state index is 0.0370. The van der Waals surface area contributed by atoms with Gasteiger partial charge in [0.1, 0.15) is 6.61 Å². The van der Waals surface area contributed by atoms with Gasteiger partial charge < -0.3 is 19.4 Å². The number of nitrogens with one attached hydrogen (secondary N) is 1. The SMILES string of the molecule is COc1cccc2c1OCC(NCc1cc3ccccc3n(C)c1=O)C2. The number of hydrogen-bond donors (Lipinski definition) is 1. The number of pyridine rings is 1. The van der Waals surface area contributed by atoms with Gasteiger partial charge in [0.2, 0.25) is 0 Å². The van der Waals surface area contributed by atoms with Crippen molar-refractivity contribution in [2.45, 2.75) is 19.0 Å². The Morgan fingerprint density at radius 3 is 2.92 bits per heavy atom. The molecule has 0 aliphatic carbocycles. The van der Waals surface area contributed by atoms with Crippen molar-refractivity contribution in [3.8, 4) is 11.5 Å². The molecule has 2 heterocycles. The second-order valence-electron chi connectivity index (χ2n) is 6.63. The first-order valence-electron chi connectivity index (χ1n) is 8.77.